The Morgan fingerprint density at radius 3 is 2.44 bits per heavy atom. The highest BCUT2D eigenvalue weighted by Gasteiger charge is 2.75. The van der Waals surface area contributed by atoms with E-state index in [1.165, 1.54) is 59.7 Å². The smallest absolute Gasteiger partial charge is 0.337 e. The molecular formula is C56H69N7O17. The van der Waals surface area contributed by atoms with Gasteiger partial charge in [-0.25, -0.2) is 14.6 Å². The Balaban J connectivity index is 1.35. The van der Waals surface area contributed by atoms with E-state index in [4.69, 9.17) is 34.2 Å². The summed E-state index contributed by atoms with van der Waals surface area (Å²) in [5, 5.41) is 103. The number of esters is 1. The van der Waals surface area contributed by atoms with Gasteiger partial charge >= 0.3 is 11.9 Å². The van der Waals surface area contributed by atoms with Gasteiger partial charge in [0.1, 0.15) is 41.9 Å². The van der Waals surface area contributed by atoms with Gasteiger partial charge in [0.2, 0.25) is 24.2 Å². The third-order valence-electron chi connectivity index (χ3n) is 14.9. The maximum atomic E-state index is 14.4. The van der Waals surface area contributed by atoms with E-state index in [0.717, 1.165) is 30.4 Å². The summed E-state index contributed by atoms with van der Waals surface area (Å²) in [6, 6.07) is 14.5. The first-order chi connectivity index (χ1) is 38.3. The highest BCUT2D eigenvalue weighted by Crippen LogP contribution is 2.47. The summed E-state index contributed by atoms with van der Waals surface area (Å²) in [6.45, 7) is 0.275. The van der Waals surface area contributed by atoms with Gasteiger partial charge in [-0.05, 0) is 107 Å². The van der Waals surface area contributed by atoms with Crippen LogP contribution in [0.5, 0.6) is 11.5 Å². The van der Waals surface area contributed by atoms with Crippen molar-refractivity contribution < 1.29 is 78.7 Å². The Kier molecular flexibility index (Phi) is 18.3. The lowest BCUT2D eigenvalue weighted by atomic mass is 9.66. The summed E-state index contributed by atoms with van der Waals surface area (Å²) in [5.74, 6) is -4.28. The molecule has 1 saturated heterocycles. The van der Waals surface area contributed by atoms with Crippen LogP contribution in [0.15, 0.2) is 99.6 Å². The number of phenols is 1. The molecule has 4 heterocycles. The fourth-order valence-corrected chi connectivity index (χ4v) is 11.0. The van der Waals surface area contributed by atoms with Gasteiger partial charge in [0.15, 0.2) is 28.7 Å². The molecule has 2 fully saturated rings. The Labute approximate surface area is 458 Å². The van der Waals surface area contributed by atoms with E-state index in [1.807, 2.05) is 32.0 Å². The largest absolute Gasteiger partial charge is 0.508 e. The normalized spacial score (nSPS) is 24.0. The zero-order chi connectivity index (χ0) is 57.5. The Bertz CT molecular complexity index is 3210. The molecule has 6 aromatic rings. The molecular weight excluding hydrogens is 1040 g/mol. The quantitative estimate of drug-likeness (QED) is 0.00776. The number of aryl methyl sites for hydroxylation is 2. The van der Waals surface area contributed by atoms with Crippen LogP contribution in [0.3, 0.4) is 0 Å². The van der Waals surface area contributed by atoms with Gasteiger partial charge in [-0.2, -0.15) is 4.73 Å². The number of aromatic amines is 1. The molecule has 10 atom stereocenters. The van der Waals surface area contributed by atoms with Crippen LogP contribution in [-0.2, 0) is 23.9 Å². The minimum absolute atomic E-state index is 0.0247. The van der Waals surface area contributed by atoms with Crippen molar-refractivity contribution in [1.82, 2.24) is 25.7 Å². The van der Waals surface area contributed by atoms with E-state index in [2.05, 4.69) is 20.9 Å². The monoisotopic (exact) mass is 1110 g/mol. The average molecular weight is 1110 g/mol. The van der Waals surface area contributed by atoms with Crippen molar-refractivity contribution in [2.75, 3.05) is 40.0 Å². The number of phenolic OH excluding ortho intramolecular Hbond substituents is 1. The number of aliphatic imine (C=N–C) groups is 1. The van der Waals surface area contributed by atoms with E-state index < -0.39 is 103 Å². The Hall–Kier alpha value is -7.39. The summed E-state index contributed by atoms with van der Waals surface area (Å²) >= 11 is 0. The molecule has 0 radical (unpaired) electrons. The van der Waals surface area contributed by atoms with Crippen LogP contribution in [0.25, 0.3) is 44.3 Å². The molecule has 0 spiro atoms. The number of fused-ring (bicyclic) bond motifs is 2. The first-order valence-corrected chi connectivity index (χ1v) is 26.3. The van der Waals surface area contributed by atoms with Crippen LogP contribution in [-0.4, -0.2) is 168 Å². The van der Waals surface area contributed by atoms with Crippen LogP contribution < -0.4 is 36.7 Å². The maximum Gasteiger partial charge on any atom is 0.337 e. The number of aromatic nitrogens is 2. The number of aliphatic hydroxyl groups is 6. The summed E-state index contributed by atoms with van der Waals surface area (Å²) in [5.41, 5.74) is 0.0976. The van der Waals surface area contributed by atoms with Gasteiger partial charge in [0.25, 0.3) is 0 Å². The molecule has 0 amide bonds. The second-order valence-corrected chi connectivity index (χ2v) is 20.4. The number of rotatable bonds is 24. The highest BCUT2D eigenvalue weighted by atomic mass is 16.8. The minimum Gasteiger partial charge on any atom is -0.508 e. The van der Waals surface area contributed by atoms with Crippen LogP contribution in [0, 0.1) is 19.8 Å². The number of nitrogens with two attached hydrogens (primary N) is 1. The van der Waals surface area contributed by atoms with Crippen molar-refractivity contribution in [2.45, 2.75) is 112 Å². The molecule has 24 heteroatoms. The molecule has 1 saturated carbocycles. The lowest BCUT2D eigenvalue weighted by Gasteiger charge is -2.59. The van der Waals surface area contributed by atoms with Gasteiger partial charge in [0.05, 0.1) is 41.4 Å². The summed E-state index contributed by atoms with van der Waals surface area (Å²) in [4.78, 5) is 67.2. The predicted octanol–water partition coefficient (Wildman–Crippen LogP) is 1.47. The third-order valence-corrected chi connectivity index (χ3v) is 14.9. The highest BCUT2D eigenvalue weighted by molar-refractivity contribution is 5.98. The molecule has 1 aliphatic carbocycles. The second-order valence-electron chi connectivity index (χ2n) is 20.4. The van der Waals surface area contributed by atoms with Crippen molar-refractivity contribution in [3.05, 3.63) is 107 Å². The van der Waals surface area contributed by atoms with Crippen molar-refractivity contribution >= 4 is 46.1 Å². The van der Waals surface area contributed by atoms with E-state index in [1.54, 1.807) is 19.3 Å². The molecule has 24 nitrogen and oxygen atoms in total. The Morgan fingerprint density at radius 2 is 1.76 bits per heavy atom. The molecule has 1 aliphatic heterocycles. The standard InChI is InChI=1S/C56H69N7O17/c1-31-22-32(2)24-36(23-31)46-44-35(17-19-60-44)27-63(46)80-48-51(77-38-15-16-39-42(25-38)76-28-40(47(39)70)33-11-13-37(68)14-12-33)78-52(54(74,29-66)56(48,75)43(69)10-6-20-64)55(30-67,79-50(73)45(49(71)72)59-18-7-21-65)62-53(57)61-41-9-5-4-8-34(41)26-58-3/h11-17,19,21-25,27-28,34,41,43,45,48,51-52,58-60,64,66-69,74-75H,4-10,18,20,26,29-30H2,1-3H3,(H,71,72)(H3,57,61,62). The van der Waals surface area contributed by atoms with E-state index in [0.29, 0.717) is 47.0 Å². The lowest BCUT2D eigenvalue weighted by molar-refractivity contribution is -0.400. The zero-order valence-electron chi connectivity index (χ0n) is 44.4. The van der Waals surface area contributed by atoms with Crippen LogP contribution >= 0.6 is 0 Å². The molecule has 3 aromatic heterocycles. The number of nitrogens with one attached hydrogen (secondary N) is 4. The number of aliphatic hydroxyl groups excluding tert-OH is 4. The number of hydrogen-bond acceptors (Lipinski definition) is 19. The van der Waals surface area contributed by atoms with Crippen LogP contribution in [0.1, 0.15) is 56.1 Å². The van der Waals surface area contributed by atoms with Crippen LogP contribution in [0.2, 0.25) is 0 Å². The van der Waals surface area contributed by atoms with E-state index >= 15 is 0 Å². The Morgan fingerprint density at radius 1 is 1.02 bits per heavy atom. The number of H-pyrrole nitrogens is 1. The number of benzene rings is 3. The molecule has 10 unspecified atom stereocenters. The van der Waals surface area contributed by atoms with Crippen molar-refractivity contribution in [3.63, 3.8) is 0 Å². The molecule has 2 aliphatic rings. The zero-order valence-corrected chi connectivity index (χ0v) is 44.4. The van der Waals surface area contributed by atoms with Gasteiger partial charge in [-0.15, -0.1) is 0 Å². The fourth-order valence-electron chi connectivity index (χ4n) is 11.0. The molecule has 14 N–H and O–H groups in total. The third kappa shape index (κ3) is 11.8. The number of aromatic hydroxyl groups is 1. The fraction of sp³-hybridized carbons (Fsp3) is 0.446. The predicted molar refractivity (Wildman–Crippen MR) is 290 cm³/mol. The lowest BCUT2D eigenvalue weighted by Crippen LogP contribution is -2.86. The van der Waals surface area contributed by atoms with Crippen molar-refractivity contribution in [3.8, 4) is 33.9 Å². The molecule has 430 valence electrons. The van der Waals surface area contributed by atoms with Crippen molar-refractivity contribution in [1.29, 1.82) is 0 Å². The van der Waals surface area contributed by atoms with Gasteiger partial charge in [0, 0.05) is 42.8 Å². The number of aldehydes is 1. The van der Waals surface area contributed by atoms with Crippen molar-refractivity contribution in [2.24, 2.45) is 16.6 Å². The average Bonchev–Trinajstić information content (AvgIpc) is 4.07. The number of guanidine groups is 1. The number of hydrogen-bond donors (Lipinski definition) is 13. The van der Waals surface area contributed by atoms with E-state index in [9.17, 15) is 60.0 Å². The second kappa shape index (κ2) is 25.0. The number of ether oxygens (including phenoxy) is 3. The summed E-state index contributed by atoms with van der Waals surface area (Å²) in [6.07, 6.45) is -2.49. The molecule has 80 heavy (non-hydrogen) atoms. The number of carbonyl (C=O) groups is 3. The summed E-state index contributed by atoms with van der Waals surface area (Å²) < 4.78 is 26.5. The molecule has 8 rings (SSSR count). The number of carboxylic acids is 1. The first-order valence-electron chi connectivity index (χ1n) is 26.3. The number of carbonyl (C=O) groups excluding carboxylic acids is 2. The van der Waals surface area contributed by atoms with Gasteiger partial charge in [-0.1, -0.05) is 42.2 Å². The minimum atomic E-state index is -3.43. The maximum absolute atomic E-state index is 14.4. The van der Waals surface area contributed by atoms with Crippen LogP contribution in [0.4, 0.5) is 0 Å². The number of aliphatic carboxylic acids is 1. The number of nitrogens with zero attached hydrogens (tertiary/aromatic N) is 2. The van der Waals surface area contributed by atoms with Gasteiger partial charge in [-0.3, -0.25) is 10.1 Å². The topological polar surface area (TPSA) is 375 Å². The number of carboxylic acid groups (broad SMARTS) is 1. The van der Waals surface area contributed by atoms with Gasteiger partial charge < -0.3 is 90.5 Å². The SMILES string of the molecule is CNCC1CCCCC1N=C(N)NC(CO)(OC(=O)C(NCCC=O)C(=O)O)C1OC(Oc2ccc3c(=O)c(-c4ccc(O)cc4)coc3c2)C(On2cc3cc[nH]c3c2-c2cc(C)cc(C)c2)C(O)(C(O)CCCO)C1(O)CO. The molecule has 3 aromatic carbocycles. The van der Waals surface area contributed by atoms with E-state index in [-0.39, 0.29) is 53.3 Å². The summed E-state index contributed by atoms with van der Waals surface area (Å²) in [7, 11) is 1.77. The molecule has 0 bridgehead atoms. The first kappa shape index (κ1) is 58.8.